The normalized spacial score (nSPS) is 21.6. The summed E-state index contributed by atoms with van der Waals surface area (Å²) < 4.78 is 37.1. The van der Waals surface area contributed by atoms with Crippen LogP contribution in [0.4, 0.5) is 4.79 Å². The number of ether oxygens (including phenoxy) is 7. The van der Waals surface area contributed by atoms with Crippen molar-refractivity contribution < 1.29 is 52.3 Å². The highest BCUT2D eigenvalue weighted by atomic mass is 16.7. The predicted molar refractivity (Wildman–Crippen MR) is 134 cm³/mol. The van der Waals surface area contributed by atoms with E-state index in [0.29, 0.717) is 55.8 Å². The molecule has 1 aromatic rings. The van der Waals surface area contributed by atoms with Gasteiger partial charge >= 0.3 is 24.1 Å². The number of hydrogen-bond acceptors (Lipinski definition) is 11. The van der Waals surface area contributed by atoms with Gasteiger partial charge < -0.3 is 33.2 Å². The van der Waals surface area contributed by atoms with Crippen LogP contribution in [0.2, 0.25) is 0 Å². The lowest BCUT2D eigenvalue weighted by atomic mass is 10.0. The quantitative estimate of drug-likeness (QED) is 0.134. The minimum Gasteiger partial charge on any atom is -0.463 e. The van der Waals surface area contributed by atoms with Gasteiger partial charge in [0.15, 0.2) is 6.10 Å². The van der Waals surface area contributed by atoms with E-state index < -0.39 is 30.2 Å². The number of carbonyl (C=O) groups is 4. The molecule has 0 amide bonds. The number of rotatable bonds is 11. The zero-order valence-electron chi connectivity index (χ0n) is 21.3. The third kappa shape index (κ3) is 8.01. The first kappa shape index (κ1) is 28.1. The molecule has 11 heteroatoms. The van der Waals surface area contributed by atoms with Crippen molar-refractivity contribution in [3.05, 3.63) is 66.0 Å². The molecular formula is C28H30O11. The van der Waals surface area contributed by atoms with Gasteiger partial charge in [0, 0.05) is 24.7 Å². The second kappa shape index (κ2) is 13.7. The summed E-state index contributed by atoms with van der Waals surface area (Å²) in [4.78, 5) is 47.8. The first-order valence-electron chi connectivity index (χ1n) is 12.7. The van der Waals surface area contributed by atoms with Crippen molar-refractivity contribution in [3.8, 4) is 5.75 Å². The van der Waals surface area contributed by atoms with Crippen molar-refractivity contribution in [1.29, 1.82) is 0 Å². The Balaban J connectivity index is 1.17. The van der Waals surface area contributed by atoms with Crippen molar-refractivity contribution >= 4 is 24.1 Å². The Morgan fingerprint density at radius 3 is 2.41 bits per heavy atom. The highest BCUT2D eigenvalue weighted by molar-refractivity contribution is 5.92. The predicted octanol–water partition coefficient (Wildman–Crippen LogP) is 3.57. The maximum absolute atomic E-state index is 12.5. The third-order valence-electron chi connectivity index (χ3n) is 6.24. The standard InChI is InChI=1S/C28H30O11/c1-2-24(29)33-14-3-4-15-35-28(32)38-21-11-7-18(8-12-21)26(30)37-20-9-5-19(6-10-20)27(31)39-23-17-36-22-13-16-34-25(22)23/h2,5-7,9-11,22-23,25H,1,3-4,8,12-17H2/t22?,23-,25?/m1/s1. The molecule has 2 unspecified atom stereocenters. The Bertz CT molecular complexity index is 1130. The Hall–Kier alpha value is -3.96. The van der Waals surface area contributed by atoms with E-state index in [1.807, 2.05) is 0 Å². The largest absolute Gasteiger partial charge is 0.513 e. The third-order valence-corrected chi connectivity index (χ3v) is 6.24. The van der Waals surface area contributed by atoms with Crippen LogP contribution >= 0.6 is 0 Å². The second-order valence-electron chi connectivity index (χ2n) is 8.96. The van der Waals surface area contributed by atoms with E-state index in [1.165, 1.54) is 36.4 Å². The Labute approximate surface area is 225 Å². The topological polar surface area (TPSA) is 133 Å². The monoisotopic (exact) mass is 542 g/mol. The molecule has 3 aliphatic rings. The van der Waals surface area contributed by atoms with Crippen LogP contribution in [0.5, 0.6) is 5.75 Å². The molecule has 2 saturated heterocycles. The molecule has 0 spiro atoms. The van der Waals surface area contributed by atoms with Gasteiger partial charge in [-0.3, -0.25) is 0 Å². The van der Waals surface area contributed by atoms with Crippen molar-refractivity contribution in [2.45, 2.75) is 50.4 Å². The molecule has 0 saturated carbocycles. The number of esters is 3. The second-order valence-corrected chi connectivity index (χ2v) is 8.96. The molecule has 2 heterocycles. The fourth-order valence-corrected chi connectivity index (χ4v) is 4.17. The molecular weight excluding hydrogens is 512 g/mol. The number of carbonyl (C=O) groups excluding carboxylic acids is 4. The molecule has 1 aromatic carbocycles. The molecule has 11 nitrogen and oxygen atoms in total. The average molecular weight is 543 g/mol. The van der Waals surface area contributed by atoms with Gasteiger partial charge in [0.2, 0.25) is 0 Å². The van der Waals surface area contributed by atoms with Gasteiger partial charge in [-0.15, -0.1) is 0 Å². The van der Waals surface area contributed by atoms with E-state index in [9.17, 15) is 19.2 Å². The van der Waals surface area contributed by atoms with Gasteiger partial charge in [-0.05, 0) is 62.1 Å². The van der Waals surface area contributed by atoms with Crippen LogP contribution in [0.15, 0.2) is 60.4 Å². The molecule has 0 bridgehead atoms. The van der Waals surface area contributed by atoms with Crippen LogP contribution in [0.3, 0.4) is 0 Å². The minimum absolute atomic E-state index is 0.0248. The van der Waals surface area contributed by atoms with E-state index in [0.717, 1.165) is 12.5 Å². The summed E-state index contributed by atoms with van der Waals surface area (Å²) in [5.74, 6) is -0.916. The highest BCUT2D eigenvalue weighted by Crippen LogP contribution is 2.29. The smallest absolute Gasteiger partial charge is 0.463 e. The van der Waals surface area contributed by atoms with Crippen LogP contribution in [0, 0.1) is 0 Å². The van der Waals surface area contributed by atoms with E-state index >= 15 is 0 Å². The maximum atomic E-state index is 12.5. The van der Waals surface area contributed by atoms with Crippen molar-refractivity contribution in [2.24, 2.45) is 0 Å². The van der Waals surface area contributed by atoms with E-state index in [2.05, 4.69) is 6.58 Å². The summed E-state index contributed by atoms with van der Waals surface area (Å²) in [5.41, 5.74) is 0.724. The average Bonchev–Trinajstić information content (AvgIpc) is 3.56. The summed E-state index contributed by atoms with van der Waals surface area (Å²) in [6.45, 7) is 4.53. The molecule has 0 N–H and O–H groups in total. The van der Waals surface area contributed by atoms with Gasteiger partial charge in [0.1, 0.15) is 17.6 Å². The van der Waals surface area contributed by atoms with Crippen LogP contribution in [-0.4, -0.2) is 68.8 Å². The summed E-state index contributed by atoms with van der Waals surface area (Å²) >= 11 is 0. The minimum atomic E-state index is -0.849. The number of hydrogen-bond donors (Lipinski definition) is 0. The molecule has 2 aliphatic heterocycles. The lowest BCUT2D eigenvalue weighted by molar-refractivity contribution is -0.138. The molecule has 0 radical (unpaired) electrons. The fraction of sp³-hybridized carbons (Fsp3) is 0.429. The zero-order valence-corrected chi connectivity index (χ0v) is 21.3. The summed E-state index contributed by atoms with van der Waals surface area (Å²) in [7, 11) is 0. The lowest BCUT2D eigenvalue weighted by Crippen LogP contribution is -2.32. The molecule has 39 heavy (non-hydrogen) atoms. The summed E-state index contributed by atoms with van der Waals surface area (Å²) in [6.07, 6.45) is 5.03. The van der Waals surface area contributed by atoms with Crippen molar-refractivity contribution in [3.63, 3.8) is 0 Å². The zero-order chi connectivity index (χ0) is 27.6. The van der Waals surface area contributed by atoms with Crippen molar-refractivity contribution in [2.75, 3.05) is 26.4 Å². The van der Waals surface area contributed by atoms with Crippen molar-refractivity contribution in [1.82, 2.24) is 0 Å². The molecule has 4 rings (SSSR count). The number of benzene rings is 1. The first-order chi connectivity index (χ1) is 18.9. The van der Waals surface area contributed by atoms with E-state index in [4.69, 9.17) is 33.2 Å². The van der Waals surface area contributed by atoms with E-state index in [1.54, 1.807) is 0 Å². The van der Waals surface area contributed by atoms with Gasteiger partial charge in [0.05, 0.1) is 31.5 Å². The van der Waals surface area contributed by atoms with Gasteiger partial charge in [0.25, 0.3) is 0 Å². The fourth-order valence-electron chi connectivity index (χ4n) is 4.17. The van der Waals surface area contributed by atoms with Crippen LogP contribution in [-0.2, 0) is 38.0 Å². The summed E-state index contributed by atoms with van der Waals surface area (Å²) in [5, 5.41) is 0. The number of fused-ring (bicyclic) bond motifs is 1. The molecule has 2 fully saturated rings. The molecule has 0 aromatic heterocycles. The van der Waals surface area contributed by atoms with Gasteiger partial charge in [-0.1, -0.05) is 6.58 Å². The number of allylic oxidation sites excluding steroid dienone is 3. The molecule has 208 valence electrons. The van der Waals surface area contributed by atoms with Crippen LogP contribution < -0.4 is 4.74 Å². The highest BCUT2D eigenvalue weighted by Gasteiger charge is 2.44. The summed E-state index contributed by atoms with van der Waals surface area (Å²) in [6, 6.07) is 6.08. The molecule has 3 atom stereocenters. The van der Waals surface area contributed by atoms with Gasteiger partial charge in [-0.25, -0.2) is 19.2 Å². The first-order valence-corrected chi connectivity index (χ1v) is 12.7. The lowest BCUT2D eigenvalue weighted by Gasteiger charge is -2.17. The Morgan fingerprint density at radius 1 is 0.923 bits per heavy atom. The molecule has 1 aliphatic carbocycles. The van der Waals surface area contributed by atoms with Gasteiger partial charge in [-0.2, -0.15) is 0 Å². The Morgan fingerprint density at radius 2 is 1.69 bits per heavy atom. The number of unbranched alkanes of at least 4 members (excludes halogenated alkanes) is 1. The maximum Gasteiger partial charge on any atom is 0.513 e. The van der Waals surface area contributed by atoms with E-state index in [-0.39, 0.29) is 31.2 Å². The Kier molecular flexibility index (Phi) is 9.87. The van der Waals surface area contributed by atoms with Crippen LogP contribution in [0.1, 0.15) is 42.5 Å². The van der Waals surface area contributed by atoms with Crippen LogP contribution in [0.25, 0.3) is 0 Å². The SMILES string of the molecule is C=CC(=O)OCCCCOC(=O)OC1=CC=C(C(=O)Oc2ccc(C(=O)O[C@@H]3COC4CCOC43)cc2)CC1.